The summed E-state index contributed by atoms with van der Waals surface area (Å²) >= 11 is 14.4. The monoisotopic (exact) mass is 1720 g/mol. The predicted octanol–water partition coefficient (Wildman–Crippen LogP) is 33.3. The van der Waals surface area contributed by atoms with Crippen LogP contribution in [-0.4, -0.2) is 9.13 Å². The lowest BCUT2D eigenvalue weighted by Gasteiger charge is -2.16. The van der Waals surface area contributed by atoms with Crippen LogP contribution >= 0.6 is 70.5 Å². The third-order valence-corrected chi connectivity index (χ3v) is 27.3. The number of aromatic nitrogens is 2. The van der Waals surface area contributed by atoms with E-state index < -0.39 is 0 Å². The number of thiophene rings is 2. The zero-order chi connectivity index (χ0) is 77.8. The quantitative estimate of drug-likeness (QED) is 0.141. The van der Waals surface area contributed by atoms with Crippen molar-refractivity contribution in [1.29, 1.82) is 0 Å². The van der Waals surface area contributed by atoms with Crippen molar-refractivity contribution >= 4 is 176 Å². The number of fused-ring (bicyclic) bond motifs is 18. The van der Waals surface area contributed by atoms with Gasteiger partial charge in [-0.1, -0.05) is 303 Å². The average molecular weight is 1720 g/mol. The Bertz CT molecular complexity index is 7870. The molecule has 0 radical (unpaired) electrons. The Labute approximate surface area is 709 Å². The first-order valence-electron chi connectivity index (χ1n) is 39.3. The summed E-state index contributed by atoms with van der Waals surface area (Å²) in [5.41, 5.74) is 30.5. The van der Waals surface area contributed by atoms with Crippen LogP contribution in [-0.2, 0) is 0 Å². The van der Waals surface area contributed by atoms with Gasteiger partial charge in [-0.05, 0) is 234 Å². The highest BCUT2D eigenvalue weighted by atomic mass is 79.9. The largest absolute Gasteiger partial charge is 0.456 e. The predicted molar refractivity (Wildman–Crippen MR) is 510 cm³/mol. The first-order chi connectivity index (χ1) is 57.7. The Balaban J connectivity index is 0.000000106. The number of hydrogen-bond acceptors (Lipinski definition) is 3. The summed E-state index contributed by atoms with van der Waals surface area (Å²) in [5.74, 6) is 0.233. The number of halogens is 3. The molecule has 0 bridgehead atoms. The molecule has 24 rings (SSSR count). The molecule has 3 nitrogen and oxygen atoms in total. The summed E-state index contributed by atoms with van der Waals surface area (Å²) in [4.78, 5) is 0. The molecule has 0 saturated heterocycles. The van der Waals surface area contributed by atoms with Crippen LogP contribution in [0.3, 0.4) is 0 Å². The highest BCUT2D eigenvalue weighted by Crippen LogP contribution is 2.53. The molecule has 0 aliphatic heterocycles. The van der Waals surface area contributed by atoms with Crippen molar-refractivity contribution in [3.63, 3.8) is 0 Å². The van der Waals surface area contributed by atoms with E-state index in [1.54, 1.807) is 0 Å². The molecule has 0 spiro atoms. The number of para-hydroxylation sites is 3. The summed E-state index contributed by atoms with van der Waals surface area (Å²) in [7, 11) is 0. The Hall–Kier alpha value is -12.8. The molecule has 0 N–H and O–H groups in total. The molecule has 1 atom stereocenters. The lowest BCUT2D eigenvalue weighted by Crippen LogP contribution is -1.99. The SMILES string of the molecule is Brc1ccc(-c2cccc(-c3ccc4c(c3)-c3ccccc3C4c3cccc4c3sc3ccccc34)c2)cc1.Brc1ccc(-c2cccc(-c3ccc4c(c3)c3ccccc3n4-c3ccc4c(c3)oc3ccccc34)c2)cc1.Brc1ccc(-c2cccc(-c3ccc4c(c3)c3ccccc3n4-c3cccc4sc5ccccc5c34)c2)cc1. The van der Waals surface area contributed by atoms with Gasteiger partial charge >= 0.3 is 0 Å². The molecule has 8 heteroatoms. The zero-order valence-electron chi connectivity index (χ0n) is 62.9. The van der Waals surface area contributed by atoms with E-state index in [9.17, 15) is 0 Å². The summed E-state index contributed by atoms with van der Waals surface area (Å²) in [6.07, 6.45) is 0. The zero-order valence-corrected chi connectivity index (χ0v) is 69.3. The van der Waals surface area contributed by atoms with Gasteiger partial charge in [0.15, 0.2) is 0 Å². The maximum atomic E-state index is 6.23. The Morgan fingerprint density at radius 2 is 0.641 bits per heavy atom. The van der Waals surface area contributed by atoms with Crippen LogP contribution in [0.25, 0.3) is 195 Å². The Morgan fingerprint density at radius 1 is 0.231 bits per heavy atom. The van der Waals surface area contributed by atoms with Gasteiger partial charge in [0.2, 0.25) is 0 Å². The van der Waals surface area contributed by atoms with Gasteiger partial charge < -0.3 is 13.6 Å². The fourth-order valence-electron chi connectivity index (χ4n) is 17.9. The van der Waals surface area contributed by atoms with Crippen molar-refractivity contribution in [2.24, 2.45) is 0 Å². The highest BCUT2D eigenvalue weighted by molar-refractivity contribution is 9.11. The van der Waals surface area contributed by atoms with Gasteiger partial charge in [-0.2, -0.15) is 0 Å². The summed E-state index contributed by atoms with van der Waals surface area (Å²) in [6.45, 7) is 0. The lowest BCUT2D eigenvalue weighted by molar-refractivity contribution is 0.668. The summed E-state index contributed by atoms with van der Waals surface area (Å²) in [6, 6.07) is 145. The topological polar surface area (TPSA) is 23.0 Å². The van der Waals surface area contributed by atoms with Gasteiger partial charge in [0.25, 0.3) is 0 Å². The first kappa shape index (κ1) is 70.8. The number of rotatable bonds is 9. The lowest BCUT2D eigenvalue weighted by atomic mass is 9.88. The third-order valence-electron chi connectivity index (χ3n) is 23.4. The second kappa shape index (κ2) is 29.5. The van der Waals surface area contributed by atoms with Crippen LogP contribution in [0.1, 0.15) is 22.6 Å². The van der Waals surface area contributed by atoms with Crippen molar-refractivity contribution in [3.8, 4) is 89.3 Å². The molecule has 1 unspecified atom stereocenters. The van der Waals surface area contributed by atoms with Crippen molar-refractivity contribution in [2.75, 3.05) is 0 Å². The number of nitrogens with zero attached hydrogens (tertiary/aromatic N) is 2. The molecule has 18 aromatic carbocycles. The minimum atomic E-state index is 0.233. The maximum absolute atomic E-state index is 6.23. The molecule has 5 heterocycles. The van der Waals surface area contributed by atoms with Crippen LogP contribution in [0.15, 0.2) is 418 Å². The number of hydrogen-bond donors (Lipinski definition) is 0. The Morgan fingerprint density at radius 3 is 1.26 bits per heavy atom. The van der Waals surface area contributed by atoms with Gasteiger partial charge in [0.1, 0.15) is 11.2 Å². The van der Waals surface area contributed by atoms with Gasteiger partial charge in [0.05, 0.1) is 27.8 Å². The van der Waals surface area contributed by atoms with Crippen LogP contribution in [0.5, 0.6) is 0 Å². The van der Waals surface area contributed by atoms with E-state index in [2.05, 4.69) is 445 Å². The molecule has 117 heavy (non-hydrogen) atoms. The first-order valence-corrected chi connectivity index (χ1v) is 43.3. The second-order valence-corrected chi connectivity index (χ2v) is 35.0. The molecule has 552 valence electrons. The number of benzene rings is 18. The van der Waals surface area contributed by atoms with E-state index in [0.717, 1.165) is 41.0 Å². The third kappa shape index (κ3) is 12.6. The normalized spacial score (nSPS) is 12.5. The van der Waals surface area contributed by atoms with Crippen molar-refractivity contribution in [1.82, 2.24) is 9.13 Å². The molecule has 1 aliphatic rings. The van der Waals surface area contributed by atoms with E-state index >= 15 is 0 Å². The molecule has 1 aliphatic carbocycles. The van der Waals surface area contributed by atoms with Gasteiger partial charge in [-0.15, -0.1) is 22.7 Å². The minimum absolute atomic E-state index is 0.233. The van der Waals surface area contributed by atoms with E-state index in [-0.39, 0.29) is 5.92 Å². The standard InChI is InChI=1S/C37H23BrS.C36H22BrNO.C36H22BrNS/c38-27-18-15-23(16-19-27)24-7-5-8-25(21-24)26-17-20-31-34(22-26)28-9-1-2-11-30(28)36(31)33-13-6-12-32-29-10-3-4-14-35(29)39-37(32)33;37-27-15-12-23(13-16-27)24-6-5-7-25(20-24)26-14-19-34-32(21-26)29-8-1-3-10-33(29)38(34)28-17-18-31-30-9-2-4-11-35(30)39-36(31)22-28;37-27-18-15-23(16-19-27)24-7-5-8-25(21-24)26-17-20-32-30(22-26)28-9-1-3-11-31(28)38(32)33-12-6-14-35-36(33)29-10-2-4-13-34(29)39-35/h1-22,36H;2*1-22H. The van der Waals surface area contributed by atoms with Gasteiger partial charge in [-0.3, -0.25) is 0 Å². The average Bonchev–Trinajstić information content (AvgIpc) is 1.59. The van der Waals surface area contributed by atoms with Crippen molar-refractivity contribution < 1.29 is 4.42 Å². The highest BCUT2D eigenvalue weighted by Gasteiger charge is 2.32. The molecule has 0 amide bonds. The van der Waals surface area contributed by atoms with Crippen LogP contribution < -0.4 is 0 Å². The van der Waals surface area contributed by atoms with Gasteiger partial charge in [-0.25, -0.2) is 0 Å². The fourth-order valence-corrected chi connectivity index (χ4v) is 21.1. The molecule has 0 fully saturated rings. The summed E-state index contributed by atoms with van der Waals surface area (Å²) in [5, 5.41) is 12.7. The summed E-state index contributed by atoms with van der Waals surface area (Å²) < 4.78 is 19.7. The van der Waals surface area contributed by atoms with Crippen molar-refractivity contribution in [3.05, 3.63) is 430 Å². The fraction of sp³-hybridized carbons (Fsp3) is 0.00917. The smallest absolute Gasteiger partial charge is 0.137 e. The molecule has 0 saturated carbocycles. The van der Waals surface area contributed by atoms with E-state index in [0.29, 0.717) is 0 Å². The van der Waals surface area contributed by atoms with Crippen LogP contribution in [0.4, 0.5) is 0 Å². The van der Waals surface area contributed by atoms with Gasteiger partial charge in [0, 0.05) is 104 Å². The Kier molecular flexibility index (Phi) is 17.9. The van der Waals surface area contributed by atoms with E-state index in [1.165, 1.54) is 184 Å². The minimum Gasteiger partial charge on any atom is -0.456 e. The van der Waals surface area contributed by atoms with E-state index in [1.807, 2.05) is 34.8 Å². The molecular weight excluding hydrogens is 1660 g/mol. The second-order valence-electron chi connectivity index (χ2n) is 30.1. The van der Waals surface area contributed by atoms with Crippen molar-refractivity contribution in [2.45, 2.75) is 5.92 Å². The number of furan rings is 1. The molecular formula is C109H67Br3N2OS2. The maximum Gasteiger partial charge on any atom is 0.137 e. The molecule has 23 aromatic rings. The van der Waals surface area contributed by atoms with E-state index in [4.69, 9.17) is 4.42 Å². The van der Waals surface area contributed by atoms with Crippen LogP contribution in [0.2, 0.25) is 0 Å². The molecule has 5 aromatic heterocycles. The van der Waals surface area contributed by atoms with Crippen LogP contribution in [0, 0.1) is 0 Å².